The molecule has 1 aromatic carbocycles. The number of carbonyl (C=O) groups excluding carboxylic acids is 1. The zero-order chi connectivity index (χ0) is 22.4. The van der Waals surface area contributed by atoms with Crippen LogP contribution < -0.4 is 15.4 Å². The summed E-state index contributed by atoms with van der Waals surface area (Å²) >= 11 is 0. The maximum atomic E-state index is 12.1. The Morgan fingerprint density at radius 2 is 1.42 bits per heavy atom. The number of rotatable bonds is 21. The largest absolute Gasteiger partial charge is 0.487 e. The van der Waals surface area contributed by atoms with Crippen LogP contribution in [0.25, 0.3) is 0 Å². The number of unbranched alkanes of at least 4 members (excludes halogenated alkanes) is 13. The normalized spacial score (nSPS) is 10.7. The topological polar surface area (TPSA) is 50.4 Å². The van der Waals surface area contributed by atoms with E-state index in [1.54, 1.807) is 6.08 Å². The van der Waals surface area contributed by atoms with Crippen molar-refractivity contribution in [3.8, 4) is 5.75 Å². The van der Waals surface area contributed by atoms with Crippen LogP contribution in [0.4, 0.5) is 5.69 Å². The molecule has 0 fully saturated rings. The molecule has 1 rings (SSSR count). The van der Waals surface area contributed by atoms with E-state index in [0.29, 0.717) is 24.6 Å². The van der Waals surface area contributed by atoms with E-state index in [-0.39, 0.29) is 5.91 Å². The van der Waals surface area contributed by atoms with Crippen molar-refractivity contribution in [1.29, 1.82) is 0 Å². The summed E-state index contributed by atoms with van der Waals surface area (Å²) in [6.07, 6.45) is 20.8. The van der Waals surface area contributed by atoms with Crippen LogP contribution in [0.3, 0.4) is 0 Å². The number of benzene rings is 1. The molecule has 0 aliphatic rings. The number of carbonyl (C=O) groups is 1. The molecule has 0 atom stereocenters. The van der Waals surface area contributed by atoms with Gasteiger partial charge >= 0.3 is 0 Å². The highest BCUT2D eigenvalue weighted by Gasteiger charge is 2.06. The first kappa shape index (κ1) is 27.2. The Morgan fingerprint density at radius 3 is 2.00 bits per heavy atom. The van der Waals surface area contributed by atoms with E-state index in [1.807, 2.05) is 24.3 Å². The summed E-state index contributed by atoms with van der Waals surface area (Å²) in [5.41, 5.74) is 0.702. The van der Waals surface area contributed by atoms with Crippen molar-refractivity contribution in [3.05, 3.63) is 36.9 Å². The minimum Gasteiger partial charge on any atom is -0.487 e. The van der Waals surface area contributed by atoms with E-state index < -0.39 is 0 Å². The standard InChI is InChI=1S/C27H46N2O2/c1-3-5-6-7-8-9-10-11-12-13-14-15-16-19-22-28-24-27(30)29-25-20-17-18-21-26(25)31-23-4-2/h4,17-18,20-21,28H,2-3,5-16,19,22-24H2,1H3,(H,29,30). The van der Waals surface area contributed by atoms with E-state index in [1.165, 1.54) is 83.5 Å². The second kappa shape index (κ2) is 20.1. The molecule has 2 N–H and O–H groups in total. The summed E-state index contributed by atoms with van der Waals surface area (Å²) < 4.78 is 5.57. The Hall–Kier alpha value is -1.81. The third kappa shape index (κ3) is 15.6. The van der Waals surface area contributed by atoms with Gasteiger partial charge in [-0.25, -0.2) is 0 Å². The van der Waals surface area contributed by atoms with Crippen molar-refractivity contribution >= 4 is 11.6 Å². The van der Waals surface area contributed by atoms with Gasteiger partial charge in [-0.1, -0.05) is 115 Å². The number of anilines is 1. The lowest BCUT2D eigenvalue weighted by molar-refractivity contribution is -0.115. The third-order valence-corrected chi connectivity index (χ3v) is 5.51. The first-order valence-corrected chi connectivity index (χ1v) is 12.6. The molecule has 0 radical (unpaired) electrons. The van der Waals surface area contributed by atoms with Crippen LogP contribution >= 0.6 is 0 Å². The lowest BCUT2D eigenvalue weighted by atomic mass is 10.0. The predicted octanol–water partition coefficient (Wildman–Crippen LogP) is 7.26. The van der Waals surface area contributed by atoms with Crippen LogP contribution in [-0.4, -0.2) is 25.6 Å². The number of amides is 1. The number of hydrogen-bond donors (Lipinski definition) is 2. The molecule has 1 amide bonds. The fourth-order valence-electron chi connectivity index (χ4n) is 3.69. The first-order valence-electron chi connectivity index (χ1n) is 12.6. The number of nitrogens with one attached hydrogen (secondary N) is 2. The van der Waals surface area contributed by atoms with Crippen LogP contribution in [0.5, 0.6) is 5.75 Å². The summed E-state index contributed by atoms with van der Waals surface area (Å²) in [6.45, 7) is 7.57. The molecule has 0 saturated carbocycles. The SMILES string of the molecule is C=CCOc1ccccc1NC(=O)CNCCCCCCCCCCCCCCCC. The molecule has 0 saturated heterocycles. The van der Waals surface area contributed by atoms with Gasteiger partial charge in [0.15, 0.2) is 0 Å². The van der Waals surface area contributed by atoms with Gasteiger partial charge in [0.25, 0.3) is 0 Å². The summed E-state index contributed by atoms with van der Waals surface area (Å²) in [5.74, 6) is 0.628. The Kier molecular flexibility index (Phi) is 17.7. The molecule has 0 spiro atoms. The van der Waals surface area contributed by atoms with E-state index in [4.69, 9.17) is 4.74 Å². The summed E-state index contributed by atoms with van der Waals surface area (Å²) in [4.78, 5) is 12.1. The molecule has 0 aromatic heterocycles. The fraction of sp³-hybridized carbons (Fsp3) is 0.667. The van der Waals surface area contributed by atoms with Crippen molar-refractivity contribution in [2.45, 2.75) is 96.8 Å². The Bertz CT molecular complexity index is 574. The van der Waals surface area contributed by atoms with Crippen LogP contribution in [0, 0.1) is 0 Å². The highest BCUT2D eigenvalue weighted by Crippen LogP contribution is 2.23. The fourth-order valence-corrected chi connectivity index (χ4v) is 3.69. The molecular weight excluding hydrogens is 384 g/mol. The second-order valence-corrected chi connectivity index (χ2v) is 8.42. The zero-order valence-electron chi connectivity index (χ0n) is 19.9. The molecule has 4 nitrogen and oxygen atoms in total. The van der Waals surface area contributed by atoms with Gasteiger partial charge in [0, 0.05) is 0 Å². The highest BCUT2D eigenvalue weighted by molar-refractivity contribution is 5.93. The van der Waals surface area contributed by atoms with Gasteiger partial charge in [0.2, 0.25) is 5.91 Å². The smallest absolute Gasteiger partial charge is 0.238 e. The van der Waals surface area contributed by atoms with E-state index in [0.717, 1.165) is 13.0 Å². The van der Waals surface area contributed by atoms with Gasteiger partial charge in [0.05, 0.1) is 12.2 Å². The molecule has 31 heavy (non-hydrogen) atoms. The maximum absolute atomic E-state index is 12.1. The minimum atomic E-state index is -0.0417. The quantitative estimate of drug-likeness (QED) is 0.159. The Morgan fingerprint density at radius 1 is 0.871 bits per heavy atom. The lowest BCUT2D eigenvalue weighted by Gasteiger charge is -2.11. The highest BCUT2D eigenvalue weighted by atomic mass is 16.5. The molecule has 0 bridgehead atoms. The average molecular weight is 431 g/mol. The monoisotopic (exact) mass is 430 g/mol. The third-order valence-electron chi connectivity index (χ3n) is 5.51. The summed E-state index contributed by atoms with van der Waals surface area (Å²) in [7, 11) is 0. The summed E-state index contributed by atoms with van der Waals surface area (Å²) in [6, 6.07) is 7.48. The molecule has 0 aliphatic carbocycles. The van der Waals surface area contributed by atoms with Crippen molar-refractivity contribution in [1.82, 2.24) is 5.32 Å². The van der Waals surface area contributed by atoms with Crippen LogP contribution in [0.1, 0.15) is 96.8 Å². The Balaban J connectivity index is 1.91. The molecule has 176 valence electrons. The number of para-hydroxylation sites is 2. The predicted molar refractivity (Wildman–Crippen MR) is 134 cm³/mol. The van der Waals surface area contributed by atoms with Gasteiger partial charge in [-0.2, -0.15) is 0 Å². The molecule has 0 aliphatic heterocycles. The molecular formula is C27H46N2O2. The van der Waals surface area contributed by atoms with Gasteiger partial charge in [0.1, 0.15) is 12.4 Å². The number of ether oxygens (including phenoxy) is 1. The zero-order valence-corrected chi connectivity index (χ0v) is 19.9. The van der Waals surface area contributed by atoms with E-state index >= 15 is 0 Å². The van der Waals surface area contributed by atoms with Crippen molar-refractivity contribution in [2.75, 3.05) is 25.0 Å². The Labute approximate surface area is 191 Å². The van der Waals surface area contributed by atoms with Crippen molar-refractivity contribution in [2.24, 2.45) is 0 Å². The summed E-state index contributed by atoms with van der Waals surface area (Å²) in [5, 5.41) is 6.15. The van der Waals surface area contributed by atoms with Crippen LogP contribution in [0.15, 0.2) is 36.9 Å². The van der Waals surface area contributed by atoms with Gasteiger partial charge in [-0.05, 0) is 25.1 Å². The van der Waals surface area contributed by atoms with E-state index in [9.17, 15) is 4.79 Å². The van der Waals surface area contributed by atoms with E-state index in [2.05, 4.69) is 24.1 Å². The van der Waals surface area contributed by atoms with Crippen LogP contribution in [-0.2, 0) is 4.79 Å². The van der Waals surface area contributed by atoms with Crippen molar-refractivity contribution < 1.29 is 9.53 Å². The molecule has 4 heteroatoms. The molecule has 0 unspecified atom stereocenters. The van der Waals surface area contributed by atoms with Gasteiger partial charge in [-0.15, -0.1) is 0 Å². The second-order valence-electron chi connectivity index (χ2n) is 8.42. The van der Waals surface area contributed by atoms with Crippen molar-refractivity contribution in [3.63, 3.8) is 0 Å². The number of hydrogen-bond acceptors (Lipinski definition) is 3. The van der Waals surface area contributed by atoms with Gasteiger partial charge < -0.3 is 15.4 Å². The van der Waals surface area contributed by atoms with Gasteiger partial charge in [-0.3, -0.25) is 4.79 Å². The lowest BCUT2D eigenvalue weighted by Crippen LogP contribution is -2.28. The molecule has 1 aromatic rings. The average Bonchev–Trinajstić information content (AvgIpc) is 2.78. The maximum Gasteiger partial charge on any atom is 0.238 e. The molecule has 0 heterocycles. The minimum absolute atomic E-state index is 0.0417. The first-order chi connectivity index (χ1) is 15.3. The van der Waals surface area contributed by atoms with Crippen LogP contribution in [0.2, 0.25) is 0 Å².